The highest BCUT2D eigenvalue weighted by molar-refractivity contribution is 5.89. The number of nitrogens with zero attached hydrogens (tertiary/aromatic N) is 1. The highest BCUT2D eigenvalue weighted by atomic mass is 19.4. The summed E-state index contributed by atoms with van der Waals surface area (Å²) < 4.78 is 38.7. The van der Waals surface area contributed by atoms with Crippen LogP contribution >= 0.6 is 0 Å². The van der Waals surface area contributed by atoms with Crippen LogP contribution in [0, 0.1) is 17.8 Å². The SMILES string of the molecule is CC.CC(C)C(CC(=O)C1CC1)C(=O)N1CC2=C(CCC(C(F)(F)F)=C2)C1. The normalized spacial score (nSPS) is 20.7. The van der Waals surface area contributed by atoms with E-state index in [1.165, 1.54) is 6.08 Å². The lowest BCUT2D eigenvalue weighted by molar-refractivity contribution is -0.138. The van der Waals surface area contributed by atoms with E-state index in [-0.39, 0.29) is 48.8 Å². The summed E-state index contributed by atoms with van der Waals surface area (Å²) in [6, 6.07) is 0. The largest absolute Gasteiger partial charge is 0.412 e. The zero-order chi connectivity index (χ0) is 20.4. The minimum absolute atomic E-state index is 0.0157. The van der Waals surface area contributed by atoms with Crippen LogP contribution in [-0.4, -0.2) is 35.9 Å². The maximum absolute atomic E-state index is 12.9. The molecule has 1 fully saturated rings. The van der Waals surface area contributed by atoms with Crippen molar-refractivity contribution in [3.63, 3.8) is 0 Å². The summed E-state index contributed by atoms with van der Waals surface area (Å²) in [5.74, 6) is -0.158. The lowest BCUT2D eigenvalue weighted by atomic mass is 9.88. The summed E-state index contributed by atoms with van der Waals surface area (Å²) in [5, 5.41) is 0. The standard InChI is InChI=1S/C19H24F3NO2.C2H6/c1-11(2)16(8-17(24)12-3-4-12)18(25)23-9-13-5-6-15(19(20,21)22)7-14(13)10-23;1-2/h7,11-12,16H,3-6,8-10H2,1-2H3;1-2H3. The minimum Gasteiger partial charge on any atom is -0.334 e. The van der Waals surface area contributed by atoms with Crippen molar-refractivity contribution in [3.8, 4) is 0 Å². The Morgan fingerprint density at radius 1 is 1.15 bits per heavy atom. The van der Waals surface area contributed by atoms with Gasteiger partial charge in [0.1, 0.15) is 5.78 Å². The van der Waals surface area contributed by atoms with Crippen molar-refractivity contribution in [1.82, 2.24) is 4.90 Å². The lowest BCUT2D eigenvalue weighted by Gasteiger charge is -2.26. The lowest BCUT2D eigenvalue weighted by Crippen LogP contribution is -2.38. The Morgan fingerprint density at radius 3 is 2.30 bits per heavy atom. The minimum atomic E-state index is -4.30. The molecule has 6 heteroatoms. The predicted molar refractivity (Wildman–Crippen MR) is 99.0 cm³/mol. The average Bonchev–Trinajstić information content (AvgIpc) is 3.38. The molecule has 3 aliphatic rings. The quantitative estimate of drug-likeness (QED) is 0.662. The Hall–Kier alpha value is -1.59. The molecule has 0 aromatic rings. The van der Waals surface area contributed by atoms with Crippen LogP contribution in [0.5, 0.6) is 0 Å². The Balaban J connectivity index is 0.00000126. The van der Waals surface area contributed by atoms with Gasteiger partial charge in [-0.2, -0.15) is 13.2 Å². The highest BCUT2D eigenvalue weighted by Crippen LogP contribution is 2.39. The van der Waals surface area contributed by atoms with Gasteiger partial charge in [0.15, 0.2) is 0 Å². The molecule has 1 heterocycles. The van der Waals surface area contributed by atoms with E-state index in [1.54, 1.807) is 4.90 Å². The van der Waals surface area contributed by atoms with Crippen LogP contribution < -0.4 is 0 Å². The van der Waals surface area contributed by atoms with E-state index in [9.17, 15) is 22.8 Å². The highest BCUT2D eigenvalue weighted by Gasteiger charge is 2.40. The molecule has 152 valence electrons. The second-order valence-electron chi connectivity index (χ2n) is 7.79. The van der Waals surface area contributed by atoms with Gasteiger partial charge in [0.25, 0.3) is 0 Å². The first-order chi connectivity index (χ1) is 12.7. The molecule has 0 bridgehead atoms. The third-order valence-electron chi connectivity index (χ3n) is 5.49. The van der Waals surface area contributed by atoms with Crippen molar-refractivity contribution in [2.45, 2.75) is 66.0 Å². The fraction of sp³-hybridized carbons (Fsp3) is 0.714. The van der Waals surface area contributed by atoms with Crippen LogP contribution in [0.1, 0.15) is 59.8 Å². The number of carbonyl (C=O) groups excluding carboxylic acids is 2. The Labute approximate surface area is 159 Å². The molecule has 2 aliphatic carbocycles. The second kappa shape index (κ2) is 8.61. The van der Waals surface area contributed by atoms with E-state index in [0.717, 1.165) is 18.4 Å². The molecular weight excluding hydrogens is 355 g/mol. The number of amides is 1. The molecule has 1 saturated carbocycles. The number of alkyl halides is 3. The second-order valence-corrected chi connectivity index (χ2v) is 7.79. The fourth-order valence-corrected chi connectivity index (χ4v) is 3.67. The Kier molecular flexibility index (Phi) is 6.92. The van der Waals surface area contributed by atoms with Crippen molar-refractivity contribution >= 4 is 11.7 Å². The van der Waals surface area contributed by atoms with Gasteiger partial charge >= 0.3 is 6.18 Å². The van der Waals surface area contributed by atoms with Crippen LogP contribution in [-0.2, 0) is 9.59 Å². The van der Waals surface area contributed by atoms with Gasteiger partial charge in [0.05, 0.1) is 0 Å². The van der Waals surface area contributed by atoms with Crippen LogP contribution in [0.3, 0.4) is 0 Å². The molecule has 3 nitrogen and oxygen atoms in total. The molecule has 0 spiro atoms. The van der Waals surface area contributed by atoms with Crippen molar-refractivity contribution in [2.24, 2.45) is 17.8 Å². The summed E-state index contributed by atoms with van der Waals surface area (Å²) >= 11 is 0. The van der Waals surface area contributed by atoms with E-state index in [0.29, 0.717) is 18.5 Å². The molecule has 1 aliphatic heterocycles. The third kappa shape index (κ3) is 5.23. The molecule has 27 heavy (non-hydrogen) atoms. The summed E-state index contributed by atoms with van der Waals surface area (Å²) in [7, 11) is 0. The Morgan fingerprint density at radius 2 is 1.78 bits per heavy atom. The molecule has 1 unspecified atom stereocenters. The zero-order valence-corrected chi connectivity index (χ0v) is 16.7. The first-order valence-corrected chi connectivity index (χ1v) is 9.97. The topological polar surface area (TPSA) is 37.4 Å². The van der Waals surface area contributed by atoms with Crippen LogP contribution in [0.4, 0.5) is 13.2 Å². The van der Waals surface area contributed by atoms with Gasteiger partial charge < -0.3 is 4.90 Å². The van der Waals surface area contributed by atoms with Crippen molar-refractivity contribution in [2.75, 3.05) is 13.1 Å². The van der Waals surface area contributed by atoms with E-state index in [1.807, 2.05) is 27.7 Å². The monoisotopic (exact) mass is 385 g/mol. The number of rotatable bonds is 5. The molecule has 1 atom stereocenters. The van der Waals surface area contributed by atoms with Crippen molar-refractivity contribution in [3.05, 3.63) is 22.8 Å². The maximum Gasteiger partial charge on any atom is 0.412 e. The van der Waals surface area contributed by atoms with E-state index < -0.39 is 11.7 Å². The molecule has 0 aromatic carbocycles. The first-order valence-electron chi connectivity index (χ1n) is 9.97. The van der Waals surface area contributed by atoms with Gasteiger partial charge in [0, 0.05) is 36.9 Å². The van der Waals surface area contributed by atoms with E-state index >= 15 is 0 Å². The first kappa shape index (κ1) is 21.7. The van der Waals surface area contributed by atoms with E-state index in [2.05, 4.69) is 0 Å². The van der Waals surface area contributed by atoms with Gasteiger partial charge in [-0.3, -0.25) is 9.59 Å². The summed E-state index contributed by atoms with van der Waals surface area (Å²) in [6.07, 6.45) is -0.647. The van der Waals surface area contributed by atoms with Crippen molar-refractivity contribution in [1.29, 1.82) is 0 Å². The smallest absolute Gasteiger partial charge is 0.334 e. The van der Waals surface area contributed by atoms with Gasteiger partial charge in [-0.15, -0.1) is 0 Å². The van der Waals surface area contributed by atoms with Gasteiger partial charge in [-0.05, 0) is 48.8 Å². The van der Waals surface area contributed by atoms with Gasteiger partial charge in [-0.25, -0.2) is 0 Å². The molecule has 0 saturated heterocycles. The molecule has 0 N–H and O–H groups in total. The number of hydrogen-bond acceptors (Lipinski definition) is 2. The summed E-state index contributed by atoms with van der Waals surface area (Å²) in [6.45, 7) is 8.48. The number of hydrogen-bond donors (Lipinski definition) is 0. The molecule has 0 aromatic heterocycles. The Bertz CT molecular complexity index is 642. The van der Waals surface area contributed by atoms with E-state index in [4.69, 9.17) is 0 Å². The number of ketones is 1. The number of allylic oxidation sites excluding steroid dienone is 1. The summed E-state index contributed by atoms with van der Waals surface area (Å²) in [4.78, 5) is 26.6. The third-order valence-corrected chi connectivity index (χ3v) is 5.49. The van der Waals surface area contributed by atoms with Crippen molar-refractivity contribution < 1.29 is 22.8 Å². The number of carbonyl (C=O) groups is 2. The zero-order valence-electron chi connectivity index (χ0n) is 16.7. The van der Waals surface area contributed by atoms with Crippen LogP contribution in [0.25, 0.3) is 0 Å². The van der Waals surface area contributed by atoms with Crippen LogP contribution in [0.2, 0.25) is 0 Å². The average molecular weight is 385 g/mol. The molecule has 1 amide bonds. The van der Waals surface area contributed by atoms with Gasteiger partial charge in [0.2, 0.25) is 5.91 Å². The number of halogens is 3. The number of Topliss-reactive ketones (excluding diaryl/α,β-unsaturated/α-hetero) is 1. The fourth-order valence-electron chi connectivity index (χ4n) is 3.67. The maximum atomic E-state index is 12.9. The molecular formula is C21H30F3NO2. The molecule has 0 radical (unpaired) electrons. The summed E-state index contributed by atoms with van der Waals surface area (Å²) in [5.41, 5.74) is 1.05. The van der Waals surface area contributed by atoms with Gasteiger partial charge in [-0.1, -0.05) is 27.7 Å². The predicted octanol–water partition coefficient (Wildman–Crippen LogP) is 5.08. The van der Waals surface area contributed by atoms with Crippen LogP contribution in [0.15, 0.2) is 22.8 Å². The molecule has 3 rings (SSSR count).